The molecule has 2 rings (SSSR count). The van der Waals surface area contributed by atoms with E-state index in [4.69, 9.17) is 16.9 Å². The number of benzene rings is 1. The Kier molecular flexibility index (Phi) is 3.81. The molecule has 0 amide bonds. The van der Waals surface area contributed by atoms with E-state index >= 15 is 0 Å². The molecule has 1 N–H and O–H groups in total. The Labute approximate surface area is 117 Å². The molecule has 102 valence electrons. The van der Waals surface area contributed by atoms with Crippen LogP contribution in [0.1, 0.15) is 11.1 Å². The first kappa shape index (κ1) is 14.2. The van der Waals surface area contributed by atoms with Crippen molar-refractivity contribution in [3.05, 3.63) is 52.8 Å². The summed E-state index contributed by atoms with van der Waals surface area (Å²) in [4.78, 5) is 3.84. The van der Waals surface area contributed by atoms with Crippen LogP contribution < -0.4 is 5.32 Å². The van der Waals surface area contributed by atoms with E-state index in [1.165, 1.54) is 24.5 Å². The first-order chi connectivity index (χ1) is 9.41. The van der Waals surface area contributed by atoms with Crippen molar-refractivity contribution in [2.45, 2.75) is 6.18 Å². The molecule has 0 aliphatic heterocycles. The molecular formula is C13H7ClF3N3. The molecule has 0 spiro atoms. The summed E-state index contributed by atoms with van der Waals surface area (Å²) in [7, 11) is 0. The molecule has 1 heterocycles. The Bertz CT molecular complexity index is 677. The van der Waals surface area contributed by atoms with Crippen molar-refractivity contribution < 1.29 is 13.2 Å². The highest BCUT2D eigenvalue weighted by Gasteiger charge is 2.30. The number of nitrogens with one attached hydrogen (secondary N) is 1. The smallest absolute Gasteiger partial charge is 0.352 e. The third-order valence-corrected chi connectivity index (χ3v) is 2.82. The summed E-state index contributed by atoms with van der Waals surface area (Å²) in [5.74, 6) is 0. The minimum atomic E-state index is -4.45. The zero-order valence-corrected chi connectivity index (χ0v) is 10.6. The zero-order valence-electron chi connectivity index (χ0n) is 9.87. The molecule has 7 heteroatoms. The molecular weight excluding hydrogens is 291 g/mol. The van der Waals surface area contributed by atoms with Crippen molar-refractivity contribution in [3.8, 4) is 6.07 Å². The highest BCUT2D eigenvalue weighted by Crippen LogP contribution is 2.34. The van der Waals surface area contributed by atoms with Gasteiger partial charge in [-0.3, -0.25) is 4.98 Å². The van der Waals surface area contributed by atoms with Gasteiger partial charge in [0, 0.05) is 6.20 Å². The molecule has 0 atom stereocenters. The van der Waals surface area contributed by atoms with Gasteiger partial charge in [0.1, 0.15) is 6.07 Å². The van der Waals surface area contributed by atoms with E-state index in [0.29, 0.717) is 11.3 Å². The molecule has 20 heavy (non-hydrogen) atoms. The van der Waals surface area contributed by atoms with Crippen molar-refractivity contribution in [3.63, 3.8) is 0 Å². The van der Waals surface area contributed by atoms with Crippen LogP contribution in [0, 0.1) is 11.3 Å². The molecule has 2 aromatic rings. The van der Waals surface area contributed by atoms with Gasteiger partial charge in [-0.25, -0.2) is 0 Å². The molecule has 0 unspecified atom stereocenters. The van der Waals surface area contributed by atoms with Crippen molar-refractivity contribution in [1.82, 2.24) is 4.98 Å². The molecule has 0 saturated heterocycles. The molecule has 0 fully saturated rings. The third-order valence-electron chi connectivity index (χ3n) is 2.51. The quantitative estimate of drug-likeness (QED) is 0.895. The second kappa shape index (κ2) is 5.39. The predicted octanol–water partition coefficient (Wildman–Crippen LogP) is 4.37. The largest absolute Gasteiger partial charge is 0.416 e. The molecule has 1 aromatic heterocycles. The summed E-state index contributed by atoms with van der Waals surface area (Å²) in [6, 6.07) is 6.38. The van der Waals surface area contributed by atoms with Crippen molar-refractivity contribution in [1.29, 1.82) is 5.26 Å². The summed E-state index contributed by atoms with van der Waals surface area (Å²) >= 11 is 5.82. The van der Waals surface area contributed by atoms with Gasteiger partial charge in [-0.05, 0) is 24.3 Å². The Morgan fingerprint density at radius 1 is 1.20 bits per heavy atom. The Morgan fingerprint density at radius 3 is 2.55 bits per heavy atom. The SMILES string of the molecule is N#Cc1ccncc1Nc1ccc(C(F)(F)F)cc1Cl. The summed E-state index contributed by atoms with van der Waals surface area (Å²) in [6.07, 6.45) is -1.61. The van der Waals surface area contributed by atoms with E-state index in [2.05, 4.69) is 10.3 Å². The van der Waals surface area contributed by atoms with E-state index in [0.717, 1.165) is 12.1 Å². The maximum atomic E-state index is 12.5. The molecule has 0 bridgehead atoms. The lowest BCUT2D eigenvalue weighted by Gasteiger charge is -2.12. The highest BCUT2D eigenvalue weighted by molar-refractivity contribution is 6.33. The van der Waals surface area contributed by atoms with Gasteiger partial charge in [0.25, 0.3) is 0 Å². The monoisotopic (exact) mass is 297 g/mol. The van der Waals surface area contributed by atoms with Gasteiger partial charge in [0.15, 0.2) is 0 Å². The number of halogens is 4. The Balaban J connectivity index is 2.34. The van der Waals surface area contributed by atoms with E-state index in [1.54, 1.807) is 0 Å². The lowest BCUT2D eigenvalue weighted by Crippen LogP contribution is -2.05. The van der Waals surface area contributed by atoms with Gasteiger partial charge >= 0.3 is 6.18 Å². The van der Waals surface area contributed by atoms with Crippen molar-refractivity contribution >= 4 is 23.0 Å². The van der Waals surface area contributed by atoms with Gasteiger partial charge < -0.3 is 5.32 Å². The van der Waals surface area contributed by atoms with Crippen LogP contribution in [0.3, 0.4) is 0 Å². The average molecular weight is 298 g/mol. The molecule has 1 aromatic carbocycles. The standard InChI is InChI=1S/C13H7ClF3N3/c14-10-5-9(13(15,16)17)1-2-11(10)20-12-7-19-4-3-8(12)6-18/h1-5,7,20H. The molecule has 3 nitrogen and oxygen atoms in total. The van der Waals surface area contributed by atoms with E-state index in [-0.39, 0.29) is 10.7 Å². The van der Waals surface area contributed by atoms with Crippen LogP contribution in [0.25, 0.3) is 0 Å². The van der Waals surface area contributed by atoms with Gasteiger partial charge in [-0.1, -0.05) is 11.6 Å². The van der Waals surface area contributed by atoms with E-state index < -0.39 is 11.7 Å². The fraction of sp³-hybridized carbons (Fsp3) is 0.0769. The number of anilines is 2. The lowest BCUT2D eigenvalue weighted by atomic mass is 10.2. The number of aromatic nitrogens is 1. The van der Waals surface area contributed by atoms with Crippen LogP contribution in [0.5, 0.6) is 0 Å². The van der Waals surface area contributed by atoms with Crippen LogP contribution in [0.2, 0.25) is 5.02 Å². The number of nitrogens with zero attached hydrogens (tertiary/aromatic N) is 2. The predicted molar refractivity (Wildman–Crippen MR) is 68.7 cm³/mol. The molecule has 0 radical (unpaired) electrons. The number of rotatable bonds is 2. The number of pyridine rings is 1. The molecule has 0 aliphatic rings. The second-order valence-electron chi connectivity index (χ2n) is 3.85. The maximum absolute atomic E-state index is 12.5. The van der Waals surface area contributed by atoms with Crippen LogP contribution in [0.4, 0.5) is 24.5 Å². The third kappa shape index (κ3) is 3.00. The summed E-state index contributed by atoms with van der Waals surface area (Å²) < 4.78 is 37.5. The number of hydrogen-bond donors (Lipinski definition) is 1. The molecule has 0 saturated carbocycles. The van der Waals surface area contributed by atoms with Crippen LogP contribution in [0.15, 0.2) is 36.7 Å². The van der Waals surface area contributed by atoms with Gasteiger partial charge in [0.2, 0.25) is 0 Å². The summed E-state index contributed by atoms with van der Waals surface area (Å²) in [6.45, 7) is 0. The Hall–Kier alpha value is -2.26. The van der Waals surface area contributed by atoms with Gasteiger partial charge in [0.05, 0.1) is 33.7 Å². The van der Waals surface area contributed by atoms with Crippen molar-refractivity contribution in [2.24, 2.45) is 0 Å². The first-order valence-electron chi connectivity index (χ1n) is 5.39. The van der Waals surface area contributed by atoms with Gasteiger partial charge in [-0.2, -0.15) is 18.4 Å². The fourth-order valence-electron chi connectivity index (χ4n) is 1.53. The minimum Gasteiger partial charge on any atom is -0.352 e. The zero-order chi connectivity index (χ0) is 14.8. The van der Waals surface area contributed by atoms with Gasteiger partial charge in [-0.15, -0.1) is 0 Å². The maximum Gasteiger partial charge on any atom is 0.416 e. The van der Waals surface area contributed by atoms with E-state index in [1.807, 2.05) is 6.07 Å². The number of alkyl halides is 3. The average Bonchev–Trinajstić information content (AvgIpc) is 2.40. The second-order valence-corrected chi connectivity index (χ2v) is 4.26. The molecule has 0 aliphatic carbocycles. The van der Waals surface area contributed by atoms with Crippen molar-refractivity contribution in [2.75, 3.05) is 5.32 Å². The topological polar surface area (TPSA) is 48.7 Å². The normalized spacial score (nSPS) is 10.9. The summed E-state index contributed by atoms with van der Waals surface area (Å²) in [5, 5.41) is 11.6. The lowest BCUT2D eigenvalue weighted by molar-refractivity contribution is -0.137. The summed E-state index contributed by atoms with van der Waals surface area (Å²) in [5.41, 5.74) is 0.122. The number of nitriles is 1. The fourth-order valence-corrected chi connectivity index (χ4v) is 1.76. The van der Waals surface area contributed by atoms with E-state index in [9.17, 15) is 13.2 Å². The Morgan fingerprint density at radius 2 is 1.95 bits per heavy atom. The van der Waals surface area contributed by atoms with Crippen LogP contribution in [-0.4, -0.2) is 4.98 Å². The van der Waals surface area contributed by atoms with Crippen LogP contribution >= 0.6 is 11.6 Å². The number of hydrogen-bond acceptors (Lipinski definition) is 3. The first-order valence-corrected chi connectivity index (χ1v) is 5.77. The minimum absolute atomic E-state index is 0.0902. The van der Waals surface area contributed by atoms with Crippen LogP contribution in [-0.2, 0) is 6.18 Å². The highest BCUT2D eigenvalue weighted by atomic mass is 35.5.